The second-order valence-corrected chi connectivity index (χ2v) is 4.92. The van der Waals surface area contributed by atoms with Crippen molar-refractivity contribution in [3.8, 4) is 17.2 Å². The van der Waals surface area contributed by atoms with Crippen LogP contribution in [0.3, 0.4) is 0 Å². The third-order valence-corrected chi connectivity index (χ3v) is 3.54. The van der Waals surface area contributed by atoms with Crippen molar-refractivity contribution < 1.29 is 9.15 Å². The van der Waals surface area contributed by atoms with Gasteiger partial charge in [0.25, 0.3) is 0 Å². The van der Waals surface area contributed by atoms with E-state index in [-0.39, 0.29) is 0 Å². The number of nitrogens with one attached hydrogen (secondary N) is 1. The van der Waals surface area contributed by atoms with E-state index in [1.54, 1.807) is 7.11 Å². The van der Waals surface area contributed by atoms with E-state index < -0.39 is 0 Å². The van der Waals surface area contributed by atoms with Gasteiger partial charge in [-0.15, -0.1) is 0 Å². The molecule has 0 bridgehead atoms. The maximum atomic E-state index is 5.83. The molecule has 1 aliphatic rings. The second-order valence-electron chi connectivity index (χ2n) is 4.92. The molecular formula is C15H18N2O2. The summed E-state index contributed by atoms with van der Waals surface area (Å²) in [7, 11) is 1.66. The first kappa shape index (κ1) is 12.2. The molecule has 19 heavy (non-hydrogen) atoms. The summed E-state index contributed by atoms with van der Waals surface area (Å²) in [6, 6.07) is 7.76. The molecule has 4 nitrogen and oxygen atoms in total. The molecule has 1 N–H and O–H groups in total. The van der Waals surface area contributed by atoms with Gasteiger partial charge in [-0.2, -0.15) is 0 Å². The SMILES string of the molecule is COc1ccc(-c2ncc(CC3CCNC3)o2)cc1. The summed E-state index contributed by atoms with van der Waals surface area (Å²) < 4.78 is 11.0. The molecule has 1 aromatic heterocycles. The highest BCUT2D eigenvalue weighted by Crippen LogP contribution is 2.24. The summed E-state index contributed by atoms with van der Waals surface area (Å²) in [6.07, 6.45) is 4.03. The van der Waals surface area contributed by atoms with Crippen molar-refractivity contribution in [2.75, 3.05) is 20.2 Å². The quantitative estimate of drug-likeness (QED) is 0.915. The number of oxazole rings is 1. The summed E-state index contributed by atoms with van der Waals surface area (Å²) in [6.45, 7) is 2.20. The van der Waals surface area contributed by atoms with Crippen molar-refractivity contribution >= 4 is 0 Å². The lowest BCUT2D eigenvalue weighted by molar-refractivity contribution is 0.414. The highest BCUT2D eigenvalue weighted by molar-refractivity contribution is 5.54. The molecule has 100 valence electrons. The van der Waals surface area contributed by atoms with Gasteiger partial charge in [-0.05, 0) is 49.7 Å². The molecule has 1 atom stereocenters. The summed E-state index contributed by atoms with van der Waals surface area (Å²) in [5, 5.41) is 3.37. The maximum Gasteiger partial charge on any atom is 0.226 e. The van der Waals surface area contributed by atoms with E-state index in [1.807, 2.05) is 30.5 Å². The largest absolute Gasteiger partial charge is 0.497 e. The first-order valence-electron chi connectivity index (χ1n) is 6.65. The molecule has 2 heterocycles. The molecule has 0 radical (unpaired) electrons. The van der Waals surface area contributed by atoms with Gasteiger partial charge in [0.15, 0.2) is 0 Å². The van der Waals surface area contributed by atoms with Gasteiger partial charge in [0.1, 0.15) is 11.5 Å². The summed E-state index contributed by atoms with van der Waals surface area (Å²) in [5.74, 6) is 3.17. The third kappa shape index (κ3) is 2.79. The number of ether oxygens (including phenoxy) is 1. The zero-order chi connectivity index (χ0) is 13.1. The van der Waals surface area contributed by atoms with Crippen LogP contribution in [0.25, 0.3) is 11.5 Å². The Morgan fingerprint density at radius 2 is 2.21 bits per heavy atom. The predicted molar refractivity (Wildman–Crippen MR) is 73.2 cm³/mol. The zero-order valence-electron chi connectivity index (χ0n) is 11.1. The maximum absolute atomic E-state index is 5.83. The lowest BCUT2D eigenvalue weighted by Gasteiger charge is -2.04. The van der Waals surface area contributed by atoms with Crippen LogP contribution in [0.2, 0.25) is 0 Å². The molecule has 4 heteroatoms. The average Bonchev–Trinajstić information content (AvgIpc) is 3.11. The minimum Gasteiger partial charge on any atom is -0.497 e. The summed E-state index contributed by atoms with van der Waals surface area (Å²) in [5.41, 5.74) is 0.983. The van der Waals surface area contributed by atoms with E-state index in [1.165, 1.54) is 6.42 Å². The van der Waals surface area contributed by atoms with Crippen LogP contribution in [0.5, 0.6) is 5.75 Å². The molecule has 0 aliphatic carbocycles. The summed E-state index contributed by atoms with van der Waals surface area (Å²) >= 11 is 0. The number of aromatic nitrogens is 1. The Morgan fingerprint density at radius 3 is 2.89 bits per heavy atom. The fraction of sp³-hybridized carbons (Fsp3) is 0.400. The Balaban J connectivity index is 1.72. The van der Waals surface area contributed by atoms with Gasteiger partial charge >= 0.3 is 0 Å². The van der Waals surface area contributed by atoms with Crippen LogP contribution in [0.1, 0.15) is 12.2 Å². The molecule has 0 amide bonds. The van der Waals surface area contributed by atoms with E-state index >= 15 is 0 Å². The lowest BCUT2D eigenvalue weighted by atomic mass is 10.0. The average molecular weight is 258 g/mol. The Labute approximate surface area is 112 Å². The summed E-state index contributed by atoms with van der Waals surface area (Å²) in [4.78, 5) is 4.36. The van der Waals surface area contributed by atoms with Gasteiger partial charge in [0.05, 0.1) is 13.3 Å². The molecule has 3 rings (SSSR count). The van der Waals surface area contributed by atoms with Crippen LogP contribution < -0.4 is 10.1 Å². The van der Waals surface area contributed by atoms with E-state index in [2.05, 4.69) is 10.3 Å². The topological polar surface area (TPSA) is 47.3 Å². The monoisotopic (exact) mass is 258 g/mol. The van der Waals surface area contributed by atoms with Crippen molar-refractivity contribution in [3.05, 3.63) is 36.2 Å². The van der Waals surface area contributed by atoms with Crippen LogP contribution >= 0.6 is 0 Å². The van der Waals surface area contributed by atoms with Gasteiger partial charge < -0.3 is 14.5 Å². The molecule has 0 saturated carbocycles. The minimum atomic E-state index is 0.677. The van der Waals surface area contributed by atoms with Crippen LogP contribution in [0.4, 0.5) is 0 Å². The van der Waals surface area contributed by atoms with Gasteiger partial charge in [0, 0.05) is 12.0 Å². The predicted octanol–water partition coefficient (Wildman–Crippen LogP) is 2.50. The Bertz CT molecular complexity index is 527. The molecule has 1 aromatic carbocycles. The van der Waals surface area contributed by atoms with Crippen LogP contribution in [-0.2, 0) is 6.42 Å². The van der Waals surface area contributed by atoms with Crippen molar-refractivity contribution in [2.45, 2.75) is 12.8 Å². The zero-order valence-corrected chi connectivity index (χ0v) is 11.1. The number of methoxy groups -OCH3 is 1. The van der Waals surface area contributed by atoms with E-state index in [0.29, 0.717) is 11.8 Å². The lowest BCUT2D eigenvalue weighted by Crippen LogP contribution is -2.10. The van der Waals surface area contributed by atoms with Crippen molar-refractivity contribution in [2.24, 2.45) is 5.92 Å². The Kier molecular flexibility index (Phi) is 3.51. The van der Waals surface area contributed by atoms with Crippen molar-refractivity contribution in [3.63, 3.8) is 0 Å². The fourth-order valence-corrected chi connectivity index (χ4v) is 2.44. The van der Waals surface area contributed by atoms with Gasteiger partial charge in [-0.25, -0.2) is 4.98 Å². The number of hydrogen-bond donors (Lipinski definition) is 1. The van der Waals surface area contributed by atoms with E-state index in [9.17, 15) is 0 Å². The van der Waals surface area contributed by atoms with Crippen LogP contribution in [0.15, 0.2) is 34.9 Å². The highest BCUT2D eigenvalue weighted by Gasteiger charge is 2.17. The molecule has 1 aliphatic heterocycles. The van der Waals surface area contributed by atoms with Crippen molar-refractivity contribution in [1.29, 1.82) is 0 Å². The number of rotatable bonds is 4. The molecule has 1 unspecified atom stereocenters. The second kappa shape index (κ2) is 5.45. The van der Waals surface area contributed by atoms with Crippen molar-refractivity contribution in [1.82, 2.24) is 10.3 Å². The van der Waals surface area contributed by atoms with Gasteiger partial charge in [-0.1, -0.05) is 0 Å². The van der Waals surface area contributed by atoms with Gasteiger partial charge in [0.2, 0.25) is 5.89 Å². The molecule has 1 fully saturated rings. The van der Waals surface area contributed by atoms with Crippen LogP contribution in [0, 0.1) is 5.92 Å². The standard InChI is InChI=1S/C15H18N2O2/c1-18-13-4-2-12(3-5-13)15-17-10-14(19-15)8-11-6-7-16-9-11/h2-5,10-11,16H,6-9H2,1H3. The third-order valence-electron chi connectivity index (χ3n) is 3.54. The molecule has 1 saturated heterocycles. The Hall–Kier alpha value is -1.81. The molecular weight excluding hydrogens is 240 g/mol. The van der Waals surface area contributed by atoms with Crippen LogP contribution in [-0.4, -0.2) is 25.2 Å². The smallest absolute Gasteiger partial charge is 0.226 e. The molecule has 2 aromatic rings. The van der Waals surface area contributed by atoms with Gasteiger partial charge in [-0.3, -0.25) is 0 Å². The van der Waals surface area contributed by atoms with E-state index in [0.717, 1.165) is 36.6 Å². The normalized spacial score (nSPS) is 18.7. The minimum absolute atomic E-state index is 0.677. The van der Waals surface area contributed by atoms with E-state index in [4.69, 9.17) is 9.15 Å². The fourth-order valence-electron chi connectivity index (χ4n) is 2.44. The molecule has 0 spiro atoms. The first-order valence-corrected chi connectivity index (χ1v) is 6.65. The highest BCUT2D eigenvalue weighted by atomic mass is 16.5. The number of hydrogen-bond acceptors (Lipinski definition) is 4. The number of nitrogens with zero attached hydrogens (tertiary/aromatic N) is 1. The first-order chi connectivity index (χ1) is 9.35. The number of benzene rings is 1. The Morgan fingerprint density at radius 1 is 1.37 bits per heavy atom.